The summed E-state index contributed by atoms with van der Waals surface area (Å²) < 4.78 is 0. The molecule has 0 fully saturated rings. The Morgan fingerprint density at radius 1 is 1.37 bits per heavy atom. The summed E-state index contributed by atoms with van der Waals surface area (Å²) in [7, 11) is 0. The van der Waals surface area contributed by atoms with Crippen molar-refractivity contribution in [2.45, 2.75) is 38.0 Å². The molecule has 0 aliphatic heterocycles. The molecule has 2 unspecified atom stereocenters. The second-order valence-corrected chi connectivity index (χ2v) is 6.08. The number of hydrogen-bond donors (Lipinski definition) is 2. The zero-order valence-corrected chi connectivity index (χ0v) is 12.6. The van der Waals surface area contributed by atoms with Crippen LogP contribution in [0.3, 0.4) is 0 Å². The molecule has 0 saturated heterocycles. The van der Waals surface area contributed by atoms with Crippen LogP contribution in [0.15, 0.2) is 30.3 Å². The van der Waals surface area contributed by atoms with Crippen LogP contribution in [-0.4, -0.2) is 23.5 Å². The zero-order chi connectivity index (χ0) is 14.1. The van der Waals surface area contributed by atoms with E-state index >= 15 is 0 Å². The summed E-state index contributed by atoms with van der Waals surface area (Å²) in [6.45, 7) is 4.59. The number of carbonyl (C=O) groups excluding carboxylic acids is 1. The Bertz CT molecular complexity index is 370. The van der Waals surface area contributed by atoms with E-state index in [2.05, 4.69) is 12.2 Å². The zero-order valence-electron chi connectivity index (χ0n) is 11.8. The Hall–Kier alpha value is -1.00. The fourth-order valence-electron chi connectivity index (χ4n) is 1.65. The maximum Gasteiger partial charge on any atom is 0.232 e. The molecule has 0 aliphatic rings. The Kier molecular flexibility index (Phi) is 7.60. The first-order chi connectivity index (χ1) is 9.15. The minimum absolute atomic E-state index is 0.00507. The van der Waals surface area contributed by atoms with Crippen molar-refractivity contribution in [3.05, 3.63) is 35.9 Å². The highest BCUT2D eigenvalue weighted by Crippen LogP contribution is 2.13. The van der Waals surface area contributed by atoms with Gasteiger partial charge >= 0.3 is 0 Å². The van der Waals surface area contributed by atoms with Gasteiger partial charge in [-0.3, -0.25) is 4.79 Å². The number of amides is 1. The fourth-order valence-corrected chi connectivity index (χ4v) is 2.70. The van der Waals surface area contributed by atoms with Crippen LogP contribution >= 0.6 is 11.8 Å². The van der Waals surface area contributed by atoms with Crippen LogP contribution in [0, 0.1) is 0 Å². The van der Waals surface area contributed by atoms with Crippen LogP contribution in [0.25, 0.3) is 0 Å². The van der Waals surface area contributed by atoms with Gasteiger partial charge in [-0.05, 0) is 24.7 Å². The maximum absolute atomic E-state index is 11.9. The Labute approximate surface area is 120 Å². The van der Waals surface area contributed by atoms with Gasteiger partial charge in [-0.15, -0.1) is 11.8 Å². The predicted molar refractivity (Wildman–Crippen MR) is 83.2 cm³/mol. The highest BCUT2D eigenvalue weighted by molar-refractivity contribution is 8.00. The molecule has 4 heteroatoms. The van der Waals surface area contributed by atoms with Gasteiger partial charge in [0.2, 0.25) is 5.91 Å². The number of unbranched alkanes of at least 4 members (excludes halogenated alkanes) is 1. The van der Waals surface area contributed by atoms with Crippen molar-refractivity contribution in [2.75, 3.05) is 12.3 Å². The SMILES string of the molecule is CCCCSC(C)C(=O)NCC(N)c1ccccc1. The van der Waals surface area contributed by atoms with Crippen molar-refractivity contribution in [3.8, 4) is 0 Å². The van der Waals surface area contributed by atoms with Crippen LogP contribution in [-0.2, 0) is 4.79 Å². The average Bonchev–Trinajstić information content (AvgIpc) is 2.45. The maximum atomic E-state index is 11.9. The third kappa shape index (κ3) is 6.12. The molecule has 0 saturated carbocycles. The van der Waals surface area contributed by atoms with Gasteiger partial charge < -0.3 is 11.1 Å². The first-order valence-electron chi connectivity index (χ1n) is 6.85. The van der Waals surface area contributed by atoms with Gasteiger partial charge in [0.1, 0.15) is 0 Å². The third-order valence-corrected chi connectivity index (χ3v) is 4.20. The first kappa shape index (κ1) is 16.1. The van der Waals surface area contributed by atoms with Gasteiger partial charge in [0.25, 0.3) is 0 Å². The predicted octanol–water partition coefficient (Wildman–Crippen LogP) is 2.72. The Balaban J connectivity index is 2.29. The minimum Gasteiger partial charge on any atom is -0.353 e. The Morgan fingerprint density at radius 2 is 2.05 bits per heavy atom. The molecule has 3 nitrogen and oxygen atoms in total. The number of nitrogens with two attached hydrogens (primary N) is 1. The molecule has 1 aromatic carbocycles. The molecular weight excluding hydrogens is 256 g/mol. The lowest BCUT2D eigenvalue weighted by molar-refractivity contribution is -0.120. The van der Waals surface area contributed by atoms with Gasteiger partial charge in [0.15, 0.2) is 0 Å². The summed E-state index contributed by atoms with van der Waals surface area (Å²) in [5.74, 6) is 1.11. The highest BCUT2D eigenvalue weighted by atomic mass is 32.2. The van der Waals surface area contributed by atoms with E-state index in [0.29, 0.717) is 6.54 Å². The lowest BCUT2D eigenvalue weighted by Crippen LogP contribution is -2.36. The van der Waals surface area contributed by atoms with Crippen molar-refractivity contribution in [2.24, 2.45) is 5.73 Å². The lowest BCUT2D eigenvalue weighted by Gasteiger charge is -2.16. The van der Waals surface area contributed by atoms with E-state index in [1.165, 1.54) is 6.42 Å². The van der Waals surface area contributed by atoms with E-state index in [0.717, 1.165) is 17.7 Å². The van der Waals surface area contributed by atoms with Crippen molar-refractivity contribution in [3.63, 3.8) is 0 Å². The molecule has 1 aromatic rings. The van der Waals surface area contributed by atoms with E-state index in [4.69, 9.17) is 5.73 Å². The van der Waals surface area contributed by atoms with Crippen molar-refractivity contribution in [1.82, 2.24) is 5.32 Å². The lowest BCUT2D eigenvalue weighted by atomic mass is 10.1. The molecule has 3 N–H and O–H groups in total. The quantitative estimate of drug-likeness (QED) is 0.720. The molecule has 0 radical (unpaired) electrons. The molecule has 106 valence electrons. The molecule has 0 aliphatic carbocycles. The molecule has 1 amide bonds. The van der Waals surface area contributed by atoms with Crippen molar-refractivity contribution >= 4 is 17.7 Å². The van der Waals surface area contributed by atoms with Gasteiger partial charge in [0, 0.05) is 12.6 Å². The monoisotopic (exact) mass is 280 g/mol. The summed E-state index contributed by atoms with van der Waals surface area (Å²) in [6.07, 6.45) is 2.33. The van der Waals surface area contributed by atoms with Gasteiger partial charge in [0.05, 0.1) is 5.25 Å². The van der Waals surface area contributed by atoms with Gasteiger partial charge in [-0.25, -0.2) is 0 Å². The summed E-state index contributed by atoms with van der Waals surface area (Å²) >= 11 is 1.70. The van der Waals surface area contributed by atoms with Crippen molar-refractivity contribution in [1.29, 1.82) is 0 Å². The second kappa shape index (κ2) is 8.99. The first-order valence-corrected chi connectivity index (χ1v) is 7.89. The van der Waals surface area contributed by atoms with E-state index in [-0.39, 0.29) is 17.2 Å². The molecule has 2 atom stereocenters. The number of carbonyl (C=O) groups is 1. The number of hydrogen-bond acceptors (Lipinski definition) is 3. The molecule has 0 bridgehead atoms. The normalized spacial score (nSPS) is 13.8. The summed E-state index contributed by atoms with van der Waals surface area (Å²) in [5, 5.41) is 2.92. The smallest absolute Gasteiger partial charge is 0.232 e. The summed E-state index contributed by atoms with van der Waals surface area (Å²) in [6, 6.07) is 9.70. The molecule has 1 rings (SSSR count). The fraction of sp³-hybridized carbons (Fsp3) is 0.533. The summed E-state index contributed by atoms with van der Waals surface area (Å²) in [5.41, 5.74) is 7.09. The molecular formula is C15H24N2OS. The summed E-state index contributed by atoms with van der Waals surface area (Å²) in [4.78, 5) is 11.9. The average molecular weight is 280 g/mol. The topological polar surface area (TPSA) is 55.1 Å². The van der Waals surface area contributed by atoms with Gasteiger partial charge in [-0.1, -0.05) is 43.7 Å². The highest BCUT2D eigenvalue weighted by Gasteiger charge is 2.14. The Morgan fingerprint density at radius 3 is 2.68 bits per heavy atom. The molecule has 0 spiro atoms. The number of benzene rings is 1. The van der Waals surface area contributed by atoms with Crippen LogP contribution in [0.4, 0.5) is 0 Å². The van der Waals surface area contributed by atoms with Crippen LogP contribution in [0.2, 0.25) is 0 Å². The van der Waals surface area contributed by atoms with Gasteiger partial charge in [-0.2, -0.15) is 0 Å². The number of nitrogens with one attached hydrogen (secondary N) is 1. The van der Waals surface area contributed by atoms with Crippen LogP contribution < -0.4 is 11.1 Å². The molecule has 19 heavy (non-hydrogen) atoms. The third-order valence-electron chi connectivity index (χ3n) is 2.96. The van der Waals surface area contributed by atoms with E-state index < -0.39 is 0 Å². The number of thioether (sulfide) groups is 1. The minimum atomic E-state index is -0.141. The largest absolute Gasteiger partial charge is 0.353 e. The van der Waals surface area contributed by atoms with E-state index in [9.17, 15) is 4.79 Å². The van der Waals surface area contributed by atoms with Crippen molar-refractivity contribution < 1.29 is 4.79 Å². The molecule has 0 aromatic heterocycles. The van der Waals surface area contributed by atoms with Crippen LogP contribution in [0.5, 0.6) is 0 Å². The standard InChI is InChI=1S/C15H24N2OS/c1-3-4-10-19-12(2)15(18)17-11-14(16)13-8-6-5-7-9-13/h5-9,12,14H,3-4,10-11,16H2,1-2H3,(H,17,18). The molecule has 0 heterocycles. The van der Waals surface area contributed by atoms with E-state index in [1.54, 1.807) is 11.8 Å². The second-order valence-electron chi connectivity index (χ2n) is 4.63. The van der Waals surface area contributed by atoms with Crippen LogP contribution in [0.1, 0.15) is 38.3 Å². The van der Waals surface area contributed by atoms with E-state index in [1.807, 2.05) is 37.3 Å². The number of rotatable bonds is 8.